The third-order valence-corrected chi connectivity index (χ3v) is 2.49. The smallest absolute Gasteiger partial charge is 0.110 e. The molecule has 0 atom stereocenters. The molecule has 0 aromatic carbocycles. The van der Waals surface area contributed by atoms with Crippen LogP contribution in [0.5, 0.6) is 0 Å². The minimum absolute atomic E-state index is 0.744. The number of nitrogens with two attached hydrogens (primary N) is 1. The van der Waals surface area contributed by atoms with Crippen molar-refractivity contribution in [3.8, 4) is 0 Å². The second-order valence-corrected chi connectivity index (χ2v) is 3.49. The van der Waals surface area contributed by atoms with Crippen LogP contribution in [0.4, 0.5) is 0 Å². The molecule has 3 nitrogen and oxygen atoms in total. The third-order valence-electron chi connectivity index (χ3n) is 2.49. The molecule has 0 saturated carbocycles. The van der Waals surface area contributed by atoms with E-state index >= 15 is 0 Å². The van der Waals surface area contributed by atoms with Crippen molar-refractivity contribution >= 4 is 5.52 Å². The molecule has 2 heterocycles. The van der Waals surface area contributed by atoms with Crippen LogP contribution in [-0.2, 0) is 6.42 Å². The Balaban J connectivity index is 2.44. The highest BCUT2D eigenvalue weighted by atomic mass is 15.0. The minimum atomic E-state index is 0.744. The molecule has 0 aliphatic carbocycles. The average molecular weight is 189 g/mol. The van der Waals surface area contributed by atoms with Gasteiger partial charge in [0.05, 0.1) is 11.7 Å². The van der Waals surface area contributed by atoms with E-state index in [1.54, 1.807) is 0 Å². The summed E-state index contributed by atoms with van der Waals surface area (Å²) in [7, 11) is 0. The zero-order chi connectivity index (χ0) is 9.97. The minimum Gasteiger partial charge on any atom is -0.330 e. The summed E-state index contributed by atoms with van der Waals surface area (Å²) in [6, 6.07) is 4.21. The quantitative estimate of drug-likeness (QED) is 0.795. The molecule has 0 spiro atoms. The van der Waals surface area contributed by atoms with Crippen LogP contribution in [0.1, 0.15) is 17.8 Å². The van der Waals surface area contributed by atoms with Crippen LogP contribution in [0.15, 0.2) is 24.5 Å². The molecule has 14 heavy (non-hydrogen) atoms. The highest BCUT2D eigenvalue weighted by Gasteiger charge is 2.02. The van der Waals surface area contributed by atoms with E-state index in [2.05, 4.69) is 21.5 Å². The molecular weight excluding hydrogens is 174 g/mol. The fourth-order valence-electron chi connectivity index (χ4n) is 1.71. The Morgan fingerprint density at radius 1 is 1.50 bits per heavy atom. The van der Waals surface area contributed by atoms with Crippen LogP contribution in [0.25, 0.3) is 5.52 Å². The van der Waals surface area contributed by atoms with Crippen molar-refractivity contribution in [3.63, 3.8) is 0 Å². The summed E-state index contributed by atoms with van der Waals surface area (Å²) in [5, 5.41) is 0. The Bertz CT molecular complexity index is 431. The number of rotatable bonds is 3. The first-order valence-electron chi connectivity index (χ1n) is 4.94. The largest absolute Gasteiger partial charge is 0.330 e. The molecule has 0 aliphatic rings. The molecule has 0 saturated heterocycles. The molecule has 0 unspecified atom stereocenters. The van der Waals surface area contributed by atoms with Gasteiger partial charge in [-0.3, -0.25) is 0 Å². The van der Waals surface area contributed by atoms with Gasteiger partial charge in [-0.05, 0) is 37.9 Å². The molecule has 74 valence electrons. The van der Waals surface area contributed by atoms with Crippen molar-refractivity contribution < 1.29 is 0 Å². The first-order valence-corrected chi connectivity index (χ1v) is 4.94. The van der Waals surface area contributed by atoms with Crippen molar-refractivity contribution in [2.24, 2.45) is 5.73 Å². The van der Waals surface area contributed by atoms with Crippen molar-refractivity contribution in [1.82, 2.24) is 9.38 Å². The lowest BCUT2D eigenvalue weighted by Crippen LogP contribution is -2.01. The zero-order valence-corrected chi connectivity index (χ0v) is 8.40. The first-order chi connectivity index (χ1) is 6.83. The Morgan fingerprint density at radius 2 is 2.36 bits per heavy atom. The standard InChI is InChI=1S/C11H15N3/c1-9-13-8-11-10(4-2-6-12)5-3-7-14(9)11/h3,5,7-8H,2,4,6,12H2,1H3. The normalized spacial score (nSPS) is 11.0. The van der Waals surface area contributed by atoms with Crippen LogP contribution in [0, 0.1) is 6.92 Å². The van der Waals surface area contributed by atoms with Crippen molar-refractivity contribution in [2.45, 2.75) is 19.8 Å². The molecule has 0 amide bonds. The highest BCUT2D eigenvalue weighted by molar-refractivity contribution is 5.54. The van der Waals surface area contributed by atoms with Crippen LogP contribution in [-0.4, -0.2) is 15.9 Å². The number of imidazole rings is 1. The summed E-state index contributed by atoms with van der Waals surface area (Å²) < 4.78 is 2.12. The lowest BCUT2D eigenvalue weighted by atomic mass is 10.1. The summed E-state index contributed by atoms with van der Waals surface area (Å²) in [6.07, 6.45) is 6.04. The molecular formula is C11H15N3. The maximum absolute atomic E-state index is 5.50. The predicted molar refractivity (Wildman–Crippen MR) is 57.3 cm³/mol. The maximum atomic E-state index is 5.50. The van der Waals surface area contributed by atoms with Gasteiger partial charge in [0.25, 0.3) is 0 Å². The molecule has 0 fully saturated rings. The van der Waals surface area contributed by atoms with Crippen molar-refractivity contribution in [3.05, 3.63) is 35.9 Å². The number of pyridine rings is 1. The van der Waals surface area contributed by atoms with Gasteiger partial charge in [-0.15, -0.1) is 0 Å². The molecule has 2 N–H and O–H groups in total. The van der Waals surface area contributed by atoms with Crippen LogP contribution in [0.2, 0.25) is 0 Å². The molecule has 2 aromatic heterocycles. The van der Waals surface area contributed by atoms with Gasteiger partial charge in [0.15, 0.2) is 0 Å². The summed E-state index contributed by atoms with van der Waals surface area (Å²) in [4.78, 5) is 4.30. The van der Waals surface area contributed by atoms with Crippen LogP contribution < -0.4 is 5.73 Å². The van der Waals surface area contributed by atoms with Gasteiger partial charge in [-0.2, -0.15) is 0 Å². The predicted octanol–water partition coefficient (Wildman–Crippen LogP) is 1.53. The van der Waals surface area contributed by atoms with Gasteiger partial charge in [0.1, 0.15) is 5.82 Å². The Kier molecular flexibility index (Phi) is 2.50. The Labute approximate surface area is 83.6 Å². The highest BCUT2D eigenvalue weighted by Crippen LogP contribution is 2.13. The number of nitrogens with zero attached hydrogens (tertiary/aromatic N) is 2. The van der Waals surface area contributed by atoms with Gasteiger partial charge < -0.3 is 10.1 Å². The number of fused-ring (bicyclic) bond motifs is 1. The lowest BCUT2D eigenvalue weighted by molar-refractivity contribution is 0.832. The number of hydrogen-bond donors (Lipinski definition) is 1. The summed E-state index contributed by atoms with van der Waals surface area (Å²) >= 11 is 0. The molecule has 2 rings (SSSR count). The molecule has 0 bridgehead atoms. The van der Waals surface area contributed by atoms with Gasteiger partial charge in [0, 0.05) is 6.20 Å². The van der Waals surface area contributed by atoms with Crippen LogP contribution >= 0.6 is 0 Å². The van der Waals surface area contributed by atoms with Gasteiger partial charge in [0.2, 0.25) is 0 Å². The van der Waals surface area contributed by atoms with E-state index in [4.69, 9.17) is 5.73 Å². The van der Waals surface area contributed by atoms with Gasteiger partial charge >= 0.3 is 0 Å². The summed E-state index contributed by atoms with van der Waals surface area (Å²) in [6.45, 7) is 2.76. The molecule has 3 heteroatoms. The van der Waals surface area contributed by atoms with Crippen molar-refractivity contribution in [1.29, 1.82) is 0 Å². The molecule has 0 radical (unpaired) electrons. The molecule has 2 aromatic rings. The second-order valence-electron chi connectivity index (χ2n) is 3.49. The van der Waals surface area contributed by atoms with E-state index in [1.807, 2.05) is 19.3 Å². The topological polar surface area (TPSA) is 43.3 Å². The van der Waals surface area contributed by atoms with E-state index in [0.29, 0.717) is 0 Å². The monoisotopic (exact) mass is 189 g/mol. The van der Waals surface area contributed by atoms with E-state index in [1.165, 1.54) is 11.1 Å². The van der Waals surface area contributed by atoms with E-state index in [-0.39, 0.29) is 0 Å². The average Bonchev–Trinajstić information content (AvgIpc) is 2.58. The van der Waals surface area contributed by atoms with Crippen molar-refractivity contribution in [2.75, 3.05) is 6.54 Å². The van der Waals surface area contributed by atoms with E-state index in [0.717, 1.165) is 25.2 Å². The second kappa shape index (κ2) is 3.80. The summed E-state index contributed by atoms with van der Waals surface area (Å²) in [5.41, 5.74) is 8.04. The van der Waals surface area contributed by atoms with Gasteiger partial charge in [-0.25, -0.2) is 4.98 Å². The van der Waals surface area contributed by atoms with Crippen LogP contribution in [0.3, 0.4) is 0 Å². The third kappa shape index (κ3) is 1.51. The fraction of sp³-hybridized carbons (Fsp3) is 0.364. The lowest BCUT2D eigenvalue weighted by Gasteiger charge is -2.03. The number of hydrogen-bond acceptors (Lipinski definition) is 2. The molecule has 0 aliphatic heterocycles. The number of aromatic nitrogens is 2. The zero-order valence-electron chi connectivity index (χ0n) is 8.40. The Hall–Kier alpha value is -1.35. The Morgan fingerprint density at radius 3 is 3.14 bits per heavy atom. The van der Waals surface area contributed by atoms with E-state index < -0.39 is 0 Å². The first kappa shape index (κ1) is 9.21. The number of aryl methyl sites for hydroxylation is 2. The van der Waals surface area contributed by atoms with Gasteiger partial charge in [-0.1, -0.05) is 6.07 Å². The summed E-state index contributed by atoms with van der Waals surface area (Å²) in [5.74, 6) is 1.04. The fourth-order valence-corrected chi connectivity index (χ4v) is 1.71. The van der Waals surface area contributed by atoms with E-state index in [9.17, 15) is 0 Å². The SMILES string of the molecule is Cc1ncc2c(CCCN)cccn12. The maximum Gasteiger partial charge on any atom is 0.110 e.